The van der Waals surface area contributed by atoms with Crippen LogP contribution in [0, 0.1) is 6.92 Å². The number of rotatable bonds is 0. The Morgan fingerprint density at radius 1 is 0.933 bits per heavy atom. The van der Waals surface area contributed by atoms with Crippen molar-refractivity contribution in [2.75, 3.05) is 5.32 Å². The number of anilines is 2. The van der Waals surface area contributed by atoms with Crippen LogP contribution in [-0.4, -0.2) is 0 Å². The molecule has 0 atom stereocenters. The van der Waals surface area contributed by atoms with E-state index in [-0.39, 0.29) is 0 Å². The topological polar surface area (TPSA) is 12.0 Å². The van der Waals surface area contributed by atoms with Crippen LogP contribution in [0.3, 0.4) is 0 Å². The lowest BCUT2D eigenvalue weighted by Crippen LogP contribution is -2.00. The van der Waals surface area contributed by atoms with E-state index in [9.17, 15) is 0 Å². The number of fused-ring (bicyclic) bond motifs is 2. The molecule has 0 aromatic heterocycles. The van der Waals surface area contributed by atoms with Gasteiger partial charge < -0.3 is 5.32 Å². The molecule has 1 heterocycles. The molecule has 0 fully saturated rings. The number of hydrogen-bond donors (Lipinski definition) is 1. The van der Waals surface area contributed by atoms with Crippen LogP contribution in [0.15, 0.2) is 52.3 Å². The second-order valence-electron chi connectivity index (χ2n) is 3.51. The van der Waals surface area contributed by atoms with Crippen LogP contribution in [0.4, 0.5) is 11.4 Å². The van der Waals surface area contributed by atoms with Gasteiger partial charge in [-0.05, 0) is 30.7 Å². The van der Waals surface area contributed by atoms with Gasteiger partial charge in [0.1, 0.15) is 0 Å². The van der Waals surface area contributed by atoms with Gasteiger partial charge in [-0.3, -0.25) is 0 Å². The van der Waals surface area contributed by atoms with E-state index < -0.39 is 0 Å². The molecule has 2 aromatic carbocycles. The highest BCUT2D eigenvalue weighted by molar-refractivity contribution is 7.99. The van der Waals surface area contributed by atoms with Crippen LogP contribution in [-0.2, 0) is 0 Å². The van der Waals surface area contributed by atoms with Crippen molar-refractivity contribution in [3.8, 4) is 0 Å². The summed E-state index contributed by atoms with van der Waals surface area (Å²) in [5.74, 6) is 0. The maximum Gasteiger partial charge on any atom is 0.0559 e. The van der Waals surface area contributed by atoms with Crippen molar-refractivity contribution in [1.29, 1.82) is 0 Å². The zero-order valence-corrected chi connectivity index (χ0v) is 8.97. The monoisotopic (exact) mass is 212 g/mol. The fourth-order valence-corrected chi connectivity index (χ4v) is 2.76. The van der Waals surface area contributed by atoms with E-state index in [1.165, 1.54) is 15.5 Å². The van der Waals surface area contributed by atoms with Crippen LogP contribution < -0.4 is 5.32 Å². The van der Waals surface area contributed by atoms with Gasteiger partial charge in [0.15, 0.2) is 0 Å². The highest BCUT2D eigenvalue weighted by atomic mass is 32.2. The smallest absolute Gasteiger partial charge is 0.0559 e. The summed E-state index contributed by atoms with van der Waals surface area (Å²) in [4.78, 5) is 2.52. The van der Waals surface area contributed by atoms with Crippen molar-refractivity contribution in [3.63, 3.8) is 0 Å². The number of para-hydroxylation sites is 2. The molecule has 0 bridgehead atoms. The van der Waals surface area contributed by atoms with E-state index in [0.29, 0.717) is 0 Å². The molecule has 2 heteroatoms. The molecule has 1 aliphatic rings. The second kappa shape index (κ2) is 3.31. The minimum atomic E-state index is 1.05. The molecule has 15 heavy (non-hydrogen) atoms. The molecule has 1 aliphatic heterocycles. The first kappa shape index (κ1) is 8.86. The third-order valence-electron chi connectivity index (χ3n) is 2.48. The van der Waals surface area contributed by atoms with Gasteiger partial charge in [0.05, 0.1) is 11.4 Å². The molecule has 0 aliphatic carbocycles. The minimum Gasteiger partial charge on any atom is -0.353 e. The second-order valence-corrected chi connectivity index (χ2v) is 4.60. The molecule has 0 saturated carbocycles. The predicted octanol–water partition coefficient (Wildman–Crippen LogP) is 4.08. The summed E-state index contributed by atoms with van der Waals surface area (Å²) in [5.41, 5.74) is 3.36. The van der Waals surface area contributed by atoms with Crippen LogP contribution in [0.2, 0.25) is 0 Å². The summed E-state index contributed by atoms with van der Waals surface area (Å²) in [6.45, 7) is 4.03. The van der Waals surface area contributed by atoms with E-state index in [2.05, 4.69) is 36.5 Å². The normalized spacial score (nSPS) is 12.6. The van der Waals surface area contributed by atoms with Crippen molar-refractivity contribution >= 4 is 23.1 Å². The maximum absolute atomic E-state index is 4.03. The van der Waals surface area contributed by atoms with Crippen molar-refractivity contribution in [2.45, 2.75) is 9.79 Å². The van der Waals surface area contributed by atoms with Gasteiger partial charge in [-0.1, -0.05) is 36.0 Å². The van der Waals surface area contributed by atoms with E-state index in [1.54, 1.807) is 11.8 Å². The Balaban J connectivity index is 2.15. The van der Waals surface area contributed by atoms with Gasteiger partial charge in [0.2, 0.25) is 0 Å². The Hall–Kier alpha value is -1.41. The van der Waals surface area contributed by atoms with Gasteiger partial charge in [-0.2, -0.15) is 0 Å². The molecule has 0 saturated heterocycles. The fraction of sp³-hybridized carbons (Fsp3) is 0. The molecule has 2 aromatic rings. The van der Waals surface area contributed by atoms with Gasteiger partial charge >= 0.3 is 0 Å². The summed E-state index contributed by atoms with van der Waals surface area (Å²) in [6.07, 6.45) is 0. The Kier molecular flexibility index (Phi) is 1.96. The molecular weight excluding hydrogens is 202 g/mol. The molecule has 1 N–H and O–H groups in total. The van der Waals surface area contributed by atoms with E-state index in [4.69, 9.17) is 0 Å². The first-order valence-electron chi connectivity index (χ1n) is 4.83. The van der Waals surface area contributed by atoms with Gasteiger partial charge in [0.25, 0.3) is 0 Å². The summed E-state index contributed by atoms with van der Waals surface area (Å²) in [7, 11) is 0. The average molecular weight is 212 g/mol. The van der Waals surface area contributed by atoms with Crippen molar-refractivity contribution in [3.05, 3.63) is 55.0 Å². The van der Waals surface area contributed by atoms with Crippen LogP contribution in [0.5, 0.6) is 0 Å². The molecule has 0 unspecified atom stereocenters. The Morgan fingerprint density at radius 3 is 2.67 bits per heavy atom. The standard InChI is InChI=1S/C13H10NS/c1-9-5-4-8-12-13(9)14-10-6-2-3-7-11(10)15-12/h2-8,14H,1H2. The lowest BCUT2D eigenvalue weighted by atomic mass is 10.2. The molecule has 73 valence electrons. The van der Waals surface area contributed by atoms with Crippen LogP contribution in [0.1, 0.15) is 5.56 Å². The van der Waals surface area contributed by atoms with E-state index in [0.717, 1.165) is 11.3 Å². The summed E-state index contributed by atoms with van der Waals surface area (Å²) in [5, 5.41) is 3.43. The third-order valence-corrected chi connectivity index (χ3v) is 3.62. The quantitative estimate of drug-likeness (QED) is 0.602. The van der Waals surface area contributed by atoms with Gasteiger partial charge in [0, 0.05) is 9.79 Å². The largest absolute Gasteiger partial charge is 0.353 e. The number of nitrogens with one attached hydrogen (secondary N) is 1. The van der Waals surface area contributed by atoms with Crippen molar-refractivity contribution < 1.29 is 0 Å². The van der Waals surface area contributed by atoms with Crippen molar-refractivity contribution in [1.82, 2.24) is 0 Å². The molecule has 3 rings (SSSR count). The summed E-state index contributed by atoms with van der Waals surface area (Å²) in [6, 6.07) is 14.5. The zero-order chi connectivity index (χ0) is 10.3. The van der Waals surface area contributed by atoms with Gasteiger partial charge in [-0.25, -0.2) is 0 Å². The Labute approximate surface area is 93.5 Å². The number of hydrogen-bond acceptors (Lipinski definition) is 2. The van der Waals surface area contributed by atoms with Gasteiger partial charge in [-0.15, -0.1) is 0 Å². The molecule has 0 spiro atoms. The lowest BCUT2D eigenvalue weighted by Gasteiger charge is -2.21. The summed E-state index contributed by atoms with van der Waals surface area (Å²) >= 11 is 1.79. The Morgan fingerprint density at radius 2 is 1.73 bits per heavy atom. The molecule has 1 radical (unpaired) electrons. The average Bonchev–Trinajstić information content (AvgIpc) is 2.27. The summed E-state index contributed by atoms with van der Waals surface area (Å²) < 4.78 is 0. The zero-order valence-electron chi connectivity index (χ0n) is 8.16. The SMILES string of the molecule is [CH2]c1cccc2c1Nc1ccccc1S2. The third kappa shape index (κ3) is 1.41. The maximum atomic E-state index is 4.03. The highest BCUT2D eigenvalue weighted by Crippen LogP contribution is 2.44. The highest BCUT2D eigenvalue weighted by Gasteiger charge is 2.15. The van der Waals surface area contributed by atoms with Crippen LogP contribution >= 0.6 is 11.8 Å². The lowest BCUT2D eigenvalue weighted by molar-refractivity contribution is 1.30. The number of benzene rings is 2. The first-order valence-corrected chi connectivity index (χ1v) is 5.65. The molecular formula is C13H10NS. The van der Waals surface area contributed by atoms with Crippen LogP contribution in [0.25, 0.3) is 0 Å². The fourth-order valence-electron chi connectivity index (χ4n) is 1.72. The molecule has 1 nitrogen and oxygen atoms in total. The van der Waals surface area contributed by atoms with E-state index >= 15 is 0 Å². The minimum absolute atomic E-state index is 1.05. The van der Waals surface area contributed by atoms with Crippen molar-refractivity contribution in [2.24, 2.45) is 0 Å². The first-order chi connectivity index (χ1) is 7.34. The predicted molar refractivity (Wildman–Crippen MR) is 64.7 cm³/mol. The Bertz CT molecular complexity index is 520. The van der Waals surface area contributed by atoms with E-state index in [1.807, 2.05) is 18.2 Å². The molecule has 0 amide bonds.